The summed E-state index contributed by atoms with van der Waals surface area (Å²) in [5.41, 5.74) is 6.43. The highest BCUT2D eigenvalue weighted by atomic mass is 32.2. The van der Waals surface area contributed by atoms with Crippen LogP contribution in [0.1, 0.15) is 27.0 Å². The molecule has 0 bridgehead atoms. The van der Waals surface area contributed by atoms with Gasteiger partial charge in [0.1, 0.15) is 23.8 Å². The molecule has 0 radical (unpaired) electrons. The van der Waals surface area contributed by atoms with E-state index in [1.165, 1.54) is 42.3 Å². The number of phosphoric acid groups is 1. The van der Waals surface area contributed by atoms with Gasteiger partial charge in [0.05, 0.1) is 12.9 Å². The Kier molecular flexibility index (Phi) is 11.6. The molecule has 0 aromatic carbocycles. The van der Waals surface area contributed by atoms with Gasteiger partial charge in [-0.05, 0) is 25.9 Å². The summed E-state index contributed by atoms with van der Waals surface area (Å²) in [6.45, 7) is 9.53. The molecule has 4 atom stereocenters. The second-order valence-electron chi connectivity index (χ2n) is 6.87. The van der Waals surface area contributed by atoms with Gasteiger partial charge in [-0.15, -0.1) is 0 Å². The maximum atomic E-state index is 10.8. The van der Waals surface area contributed by atoms with E-state index in [4.69, 9.17) is 20.3 Å². The van der Waals surface area contributed by atoms with Crippen LogP contribution >= 0.6 is 19.6 Å². The highest BCUT2D eigenvalue weighted by Crippen LogP contribution is 2.39. The molecule has 1 aliphatic rings. The molecule has 3 rings (SSSR count). The molecule has 0 amide bonds. The molecule has 33 heavy (non-hydrogen) atoms. The number of anilines is 1. The lowest BCUT2D eigenvalue weighted by Gasteiger charge is -2.16. The summed E-state index contributed by atoms with van der Waals surface area (Å²) in [6.07, 6.45) is -1.96. The molecular weight excluding hydrogens is 479 g/mol. The molecule has 1 saturated heterocycles. The van der Waals surface area contributed by atoms with Crippen LogP contribution in [-0.2, 0) is 13.8 Å². The molecule has 16 heteroatoms. The Morgan fingerprint density at radius 1 is 1.21 bits per heavy atom. The van der Waals surface area contributed by atoms with Crippen molar-refractivity contribution in [1.29, 1.82) is 0 Å². The van der Waals surface area contributed by atoms with E-state index in [0.717, 1.165) is 0 Å². The Bertz CT molecular complexity index is 921. The second kappa shape index (κ2) is 12.9. The summed E-state index contributed by atoms with van der Waals surface area (Å²) >= 11 is 1.26. The highest BCUT2D eigenvalue weighted by Gasteiger charge is 2.45. The van der Waals surface area contributed by atoms with Crippen molar-refractivity contribution in [2.75, 3.05) is 38.2 Å². The van der Waals surface area contributed by atoms with Crippen LogP contribution in [0.2, 0.25) is 0 Å². The van der Waals surface area contributed by atoms with Gasteiger partial charge in [0.15, 0.2) is 22.8 Å². The van der Waals surface area contributed by atoms with E-state index >= 15 is 0 Å². The molecule has 1 aliphatic heterocycles. The van der Waals surface area contributed by atoms with Gasteiger partial charge >= 0.3 is 7.82 Å². The molecule has 0 spiro atoms. The van der Waals surface area contributed by atoms with Crippen LogP contribution in [0.25, 0.3) is 11.2 Å². The fourth-order valence-corrected chi connectivity index (χ4v) is 3.84. The SMILES string of the molecule is CCN(CC)CC.CSc1nc(N)c2ncn([C@@H]3O[C@H](COP(=O)(O)O)[C@@H](O)[C@H]3O)c2n1.O. The van der Waals surface area contributed by atoms with Gasteiger partial charge in [-0.1, -0.05) is 32.5 Å². The summed E-state index contributed by atoms with van der Waals surface area (Å²) in [5.74, 6) is 0.155. The van der Waals surface area contributed by atoms with Crippen molar-refractivity contribution in [3.8, 4) is 0 Å². The number of imidazole rings is 1. The number of nitrogen functional groups attached to an aromatic ring is 1. The largest absolute Gasteiger partial charge is 0.469 e. The molecule has 190 valence electrons. The Hall–Kier alpha value is -1.39. The maximum absolute atomic E-state index is 10.8. The Morgan fingerprint density at radius 2 is 1.82 bits per heavy atom. The van der Waals surface area contributed by atoms with E-state index in [2.05, 4.69) is 45.1 Å². The standard InChI is InChI=1S/C11H16N5O7PS.C6H15N.H2O/c1-25-11-14-8(12)5-9(15-11)16(3-13-5)10-7(18)6(17)4(23-10)2-22-24(19,20)21;1-4-7(5-2)6-3;/h3-4,6-7,10,17-18H,2H2,1H3,(H2,12,14,15)(H2,19,20,21);4-6H2,1-3H3;1H2/t4-,6-,7-,10-;;/m1../s1. The van der Waals surface area contributed by atoms with Crippen LogP contribution in [-0.4, -0.2) is 101 Å². The van der Waals surface area contributed by atoms with Gasteiger partial charge in [0.2, 0.25) is 0 Å². The summed E-state index contributed by atoms with van der Waals surface area (Å²) in [6, 6.07) is 0. The minimum atomic E-state index is -4.73. The molecule has 0 saturated carbocycles. The number of nitrogens with zero attached hydrogens (tertiary/aromatic N) is 5. The van der Waals surface area contributed by atoms with Crippen molar-refractivity contribution in [2.24, 2.45) is 0 Å². The fourth-order valence-electron chi connectivity index (χ4n) is 3.13. The first-order chi connectivity index (χ1) is 15.1. The normalized spacial score (nSPS) is 22.8. The van der Waals surface area contributed by atoms with Crippen LogP contribution in [0.5, 0.6) is 0 Å². The van der Waals surface area contributed by atoms with Gasteiger partial charge < -0.3 is 40.8 Å². The lowest BCUT2D eigenvalue weighted by atomic mass is 10.1. The van der Waals surface area contributed by atoms with E-state index in [-0.39, 0.29) is 11.3 Å². The number of hydrogen-bond donors (Lipinski definition) is 5. The van der Waals surface area contributed by atoms with Crippen LogP contribution < -0.4 is 5.73 Å². The van der Waals surface area contributed by atoms with E-state index in [0.29, 0.717) is 16.3 Å². The van der Waals surface area contributed by atoms with Crippen LogP contribution in [0, 0.1) is 0 Å². The second-order valence-corrected chi connectivity index (χ2v) is 8.88. The first-order valence-electron chi connectivity index (χ1n) is 10.0. The monoisotopic (exact) mass is 512 g/mol. The van der Waals surface area contributed by atoms with Crippen molar-refractivity contribution in [3.05, 3.63) is 6.33 Å². The van der Waals surface area contributed by atoms with Crippen molar-refractivity contribution in [2.45, 2.75) is 50.5 Å². The topological polar surface area (TPSA) is 221 Å². The van der Waals surface area contributed by atoms with Crippen LogP contribution in [0.3, 0.4) is 0 Å². The number of phosphoric ester groups is 1. The third-order valence-corrected chi connectivity index (χ3v) is 6.00. The summed E-state index contributed by atoms with van der Waals surface area (Å²) in [4.78, 5) is 32.3. The predicted octanol–water partition coefficient (Wildman–Crippen LogP) is -0.618. The third-order valence-electron chi connectivity index (χ3n) is 4.97. The highest BCUT2D eigenvalue weighted by molar-refractivity contribution is 7.98. The minimum absolute atomic E-state index is 0. The molecular formula is C17H33N6O8PS. The zero-order chi connectivity index (χ0) is 24.1. The van der Waals surface area contributed by atoms with Crippen molar-refractivity contribution in [3.63, 3.8) is 0 Å². The van der Waals surface area contributed by atoms with Crippen molar-refractivity contribution < 1.29 is 39.3 Å². The number of ether oxygens (including phenoxy) is 1. The first kappa shape index (κ1) is 29.6. The predicted molar refractivity (Wildman–Crippen MR) is 123 cm³/mol. The average Bonchev–Trinajstić information content (AvgIpc) is 3.29. The van der Waals surface area contributed by atoms with E-state index in [9.17, 15) is 14.8 Å². The number of fused-ring (bicyclic) bond motifs is 1. The zero-order valence-corrected chi connectivity index (χ0v) is 20.6. The average molecular weight is 513 g/mol. The van der Waals surface area contributed by atoms with E-state index < -0.39 is 39.0 Å². The van der Waals surface area contributed by atoms with Gasteiger partial charge in [-0.2, -0.15) is 0 Å². The zero-order valence-electron chi connectivity index (χ0n) is 18.9. The summed E-state index contributed by atoms with van der Waals surface area (Å²) < 4.78 is 22.0. The summed E-state index contributed by atoms with van der Waals surface area (Å²) in [5, 5.41) is 20.7. The minimum Gasteiger partial charge on any atom is -0.412 e. The molecule has 8 N–H and O–H groups in total. The van der Waals surface area contributed by atoms with Gasteiger partial charge in [-0.3, -0.25) is 9.09 Å². The number of rotatable bonds is 8. The molecule has 3 heterocycles. The number of aliphatic hydroxyl groups excluding tert-OH is 2. The van der Waals surface area contributed by atoms with E-state index in [1.54, 1.807) is 6.26 Å². The molecule has 1 fully saturated rings. The van der Waals surface area contributed by atoms with Gasteiger partial charge in [0.25, 0.3) is 0 Å². The summed E-state index contributed by atoms with van der Waals surface area (Å²) in [7, 11) is -4.73. The smallest absolute Gasteiger partial charge is 0.412 e. The Morgan fingerprint density at radius 3 is 2.30 bits per heavy atom. The lowest BCUT2D eigenvalue weighted by molar-refractivity contribution is -0.0504. The number of hydrogen-bond acceptors (Lipinski definition) is 11. The molecule has 2 aromatic heterocycles. The van der Waals surface area contributed by atoms with Crippen LogP contribution in [0.15, 0.2) is 11.5 Å². The molecule has 14 nitrogen and oxygen atoms in total. The van der Waals surface area contributed by atoms with Crippen molar-refractivity contribution >= 4 is 36.6 Å². The quantitative estimate of drug-likeness (QED) is 0.169. The van der Waals surface area contributed by atoms with Crippen LogP contribution in [0.4, 0.5) is 5.82 Å². The Balaban J connectivity index is 0.000000595. The number of thioether (sulfide) groups is 1. The molecule has 0 unspecified atom stereocenters. The fraction of sp³-hybridized carbons (Fsp3) is 0.706. The maximum Gasteiger partial charge on any atom is 0.469 e. The third kappa shape index (κ3) is 7.55. The number of nitrogens with two attached hydrogens (primary N) is 1. The molecule has 2 aromatic rings. The van der Waals surface area contributed by atoms with Crippen molar-refractivity contribution in [1.82, 2.24) is 24.4 Å². The van der Waals surface area contributed by atoms with Gasteiger partial charge in [-0.25, -0.2) is 19.5 Å². The molecule has 0 aliphatic carbocycles. The van der Waals surface area contributed by atoms with E-state index in [1.807, 2.05) is 0 Å². The number of aliphatic hydroxyl groups is 2. The lowest BCUT2D eigenvalue weighted by Crippen LogP contribution is -2.33. The first-order valence-corrected chi connectivity index (χ1v) is 12.8. The van der Waals surface area contributed by atoms with Gasteiger partial charge in [0, 0.05) is 0 Å². The Labute approximate surface area is 195 Å². The number of aromatic nitrogens is 4.